The van der Waals surface area contributed by atoms with Gasteiger partial charge in [-0.1, -0.05) is 6.92 Å². The summed E-state index contributed by atoms with van der Waals surface area (Å²) in [6.45, 7) is 12.3. The molecule has 0 aromatic carbocycles. The molecule has 2 rings (SSSR count). The molecule has 2 nitrogen and oxygen atoms in total. The highest BCUT2D eigenvalue weighted by Gasteiger charge is 2.39. The zero-order valence-electron chi connectivity index (χ0n) is 11.3. The first-order valence-corrected chi connectivity index (χ1v) is 7.09. The van der Waals surface area contributed by atoms with Crippen LogP contribution in [-0.4, -0.2) is 37.1 Å². The summed E-state index contributed by atoms with van der Waals surface area (Å²) in [5, 5.41) is 3.55. The van der Waals surface area contributed by atoms with Crippen molar-refractivity contribution in [1.29, 1.82) is 0 Å². The van der Waals surface area contributed by atoms with Crippen molar-refractivity contribution in [3.05, 3.63) is 0 Å². The first-order valence-electron chi connectivity index (χ1n) is 7.09. The van der Waals surface area contributed by atoms with Crippen molar-refractivity contribution in [2.45, 2.75) is 52.5 Å². The lowest BCUT2D eigenvalue weighted by Gasteiger charge is -2.43. The maximum atomic E-state index is 3.55. The molecule has 16 heavy (non-hydrogen) atoms. The fraction of sp³-hybridized carbons (Fsp3) is 1.00. The summed E-state index contributed by atoms with van der Waals surface area (Å²) in [6.07, 6.45) is 5.69. The lowest BCUT2D eigenvalue weighted by molar-refractivity contribution is 0.0962. The van der Waals surface area contributed by atoms with Crippen LogP contribution in [0.4, 0.5) is 0 Å². The van der Waals surface area contributed by atoms with Gasteiger partial charge in [0.15, 0.2) is 0 Å². The van der Waals surface area contributed by atoms with Gasteiger partial charge in [0.2, 0.25) is 0 Å². The van der Waals surface area contributed by atoms with E-state index in [4.69, 9.17) is 0 Å². The van der Waals surface area contributed by atoms with Crippen molar-refractivity contribution in [2.75, 3.05) is 26.2 Å². The first kappa shape index (κ1) is 12.4. The third-order valence-electron chi connectivity index (χ3n) is 5.04. The first-order chi connectivity index (χ1) is 7.64. The van der Waals surface area contributed by atoms with Crippen molar-refractivity contribution >= 4 is 0 Å². The van der Waals surface area contributed by atoms with E-state index in [-0.39, 0.29) is 0 Å². The number of nitrogens with zero attached hydrogens (tertiary/aromatic N) is 1. The Morgan fingerprint density at radius 2 is 2.00 bits per heavy atom. The zero-order valence-corrected chi connectivity index (χ0v) is 11.3. The van der Waals surface area contributed by atoms with Crippen molar-refractivity contribution in [2.24, 2.45) is 11.3 Å². The summed E-state index contributed by atoms with van der Waals surface area (Å²) < 4.78 is 0. The number of nitrogens with one attached hydrogen (secondary N) is 1. The SMILES string of the molecule is CC(C)N1CCCC2(CCNCC2C)CC1. The van der Waals surface area contributed by atoms with Crippen molar-refractivity contribution in [1.82, 2.24) is 10.2 Å². The fourth-order valence-electron chi connectivity index (χ4n) is 3.62. The van der Waals surface area contributed by atoms with E-state index in [0.717, 1.165) is 12.0 Å². The van der Waals surface area contributed by atoms with E-state index in [0.29, 0.717) is 5.41 Å². The molecule has 2 aliphatic rings. The second kappa shape index (κ2) is 5.05. The summed E-state index contributed by atoms with van der Waals surface area (Å²) in [7, 11) is 0. The quantitative estimate of drug-likeness (QED) is 0.736. The van der Waals surface area contributed by atoms with E-state index < -0.39 is 0 Å². The molecule has 0 aromatic heterocycles. The molecule has 0 amide bonds. The molecule has 2 heterocycles. The van der Waals surface area contributed by atoms with Crippen LogP contribution in [0.5, 0.6) is 0 Å². The van der Waals surface area contributed by atoms with Crippen molar-refractivity contribution in [3.8, 4) is 0 Å². The average Bonchev–Trinajstić information content (AvgIpc) is 2.46. The third-order valence-corrected chi connectivity index (χ3v) is 5.04. The van der Waals surface area contributed by atoms with Gasteiger partial charge in [-0.25, -0.2) is 0 Å². The van der Waals surface area contributed by atoms with Gasteiger partial charge in [0.05, 0.1) is 0 Å². The van der Waals surface area contributed by atoms with Crippen LogP contribution in [0.1, 0.15) is 46.5 Å². The van der Waals surface area contributed by atoms with Gasteiger partial charge >= 0.3 is 0 Å². The molecular formula is C14H28N2. The molecule has 0 radical (unpaired) electrons. The summed E-state index contributed by atoms with van der Waals surface area (Å²) in [5.41, 5.74) is 0.662. The molecule has 2 heteroatoms. The molecule has 2 aliphatic heterocycles. The fourth-order valence-corrected chi connectivity index (χ4v) is 3.62. The summed E-state index contributed by atoms with van der Waals surface area (Å²) in [6, 6.07) is 0.729. The second-order valence-electron chi connectivity index (χ2n) is 6.20. The third kappa shape index (κ3) is 2.43. The Kier molecular flexibility index (Phi) is 3.91. The van der Waals surface area contributed by atoms with Crippen molar-refractivity contribution < 1.29 is 0 Å². The molecule has 0 aromatic rings. The molecule has 0 saturated carbocycles. The van der Waals surface area contributed by atoms with Gasteiger partial charge in [0.1, 0.15) is 0 Å². The summed E-state index contributed by atoms with van der Waals surface area (Å²) in [5.74, 6) is 0.869. The van der Waals surface area contributed by atoms with Gasteiger partial charge < -0.3 is 10.2 Å². The molecule has 1 spiro atoms. The number of piperidine rings is 1. The van der Waals surface area contributed by atoms with Crippen LogP contribution < -0.4 is 5.32 Å². The normalized spacial score (nSPS) is 37.9. The molecule has 2 saturated heterocycles. The smallest absolute Gasteiger partial charge is 0.00385 e. The van der Waals surface area contributed by atoms with E-state index in [2.05, 4.69) is 31.0 Å². The van der Waals surface area contributed by atoms with Crippen LogP contribution in [0.15, 0.2) is 0 Å². The lowest BCUT2D eigenvalue weighted by Crippen LogP contribution is -2.44. The molecule has 2 fully saturated rings. The maximum absolute atomic E-state index is 3.55. The number of hydrogen-bond acceptors (Lipinski definition) is 2. The van der Waals surface area contributed by atoms with E-state index in [1.165, 1.54) is 51.9 Å². The molecule has 94 valence electrons. The van der Waals surface area contributed by atoms with E-state index in [1.807, 2.05) is 0 Å². The average molecular weight is 224 g/mol. The van der Waals surface area contributed by atoms with E-state index in [9.17, 15) is 0 Å². The predicted octanol–water partition coefficient (Wildman–Crippen LogP) is 2.50. The van der Waals surface area contributed by atoms with Crippen molar-refractivity contribution in [3.63, 3.8) is 0 Å². The minimum Gasteiger partial charge on any atom is -0.316 e. The van der Waals surface area contributed by atoms with Gasteiger partial charge in [0, 0.05) is 6.04 Å². The maximum Gasteiger partial charge on any atom is 0.00385 e. The van der Waals surface area contributed by atoms with Gasteiger partial charge in [-0.2, -0.15) is 0 Å². The van der Waals surface area contributed by atoms with Crippen LogP contribution in [-0.2, 0) is 0 Å². The van der Waals surface area contributed by atoms with Gasteiger partial charge in [0.25, 0.3) is 0 Å². The highest BCUT2D eigenvalue weighted by atomic mass is 15.1. The molecular weight excluding hydrogens is 196 g/mol. The number of hydrogen-bond donors (Lipinski definition) is 1. The lowest BCUT2D eigenvalue weighted by atomic mass is 9.67. The highest BCUT2D eigenvalue weighted by molar-refractivity contribution is 4.92. The van der Waals surface area contributed by atoms with Crippen LogP contribution in [0.25, 0.3) is 0 Å². The Hall–Kier alpha value is -0.0800. The van der Waals surface area contributed by atoms with Gasteiger partial charge in [-0.05, 0) is 77.0 Å². The summed E-state index contributed by atoms with van der Waals surface area (Å²) in [4.78, 5) is 2.67. The molecule has 2 atom stereocenters. The van der Waals surface area contributed by atoms with Crippen LogP contribution in [0.2, 0.25) is 0 Å². The van der Waals surface area contributed by atoms with Gasteiger partial charge in [-0.3, -0.25) is 0 Å². The Morgan fingerprint density at radius 3 is 2.69 bits per heavy atom. The molecule has 1 N–H and O–H groups in total. The van der Waals surface area contributed by atoms with Crippen LogP contribution >= 0.6 is 0 Å². The number of likely N-dealkylation sites (tertiary alicyclic amines) is 1. The molecule has 0 bridgehead atoms. The zero-order chi connectivity index (χ0) is 11.6. The standard InChI is InChI=1S/C14H28N2/c1-12(2)16-9-4-5-14(7-10-16)6-8-15-11-13(14)3/h12-13,15H,4-11H2,1-3H3. The van der Waals surface area contributed by atoms with Crippen LogP contribution in [0, 0.1) is 11.3 Å². The minimum atomic E-state index is 0.662. The Balaban J connectivity index is 2.01. The number of rotatable bonds is 1. The highest BCUT2D eigenvalue weighted by Crippen LogP contribution is 2.43. The topological polar surface area (TPSA) is 15.3 Å². The minimum absolute atomic E-state index is 0.662. The van der Waals surface area contributed by atoms with E-state index >= 15 is 0 Å². The largest absolute Gasteiger partial charge is 0.316 e. The second-order valence-corrected chi connectivity index (χ2v) is 6.20. The monoisotopic (exact) mass is 224 g/mol. The predicted molar refractivity (Wildman–Crippen MR) is 69.6 cm³/mol. The van der Waals surface area contributed by atoms with Gasteiger partial charge in [-0.15, -0.1) is 0 Å². The molecule has 2 unspecified atom stereocenters. The Bertz CT molecular complexity index is 227. The molecule has 0 aliphatic carbocycles. The van der Waals surface area contributed by atoms with E-state index in [1.54, 1.807) is 0 Å². The van der Waals surface area contributed by atoms with Crippen LogP contribution in [0.3, 0.4) is 0 Å². The Labute approximate surface area is 101 Å². The summed E-state index contributed by atoms with van der Waals surface area (Å²) >= 11 is 0. The Morgan fingerprint density at radius 1 is 1.19 bits per heavy atom.